The molecule has 2 aliphatic heterocycles. The Morgan fingerprint density at radius 2 is 2.00 bits per heavy atom. The smallest absolute Gasteiger partial charge is 0.257 e. The van der Waals surface area contributed by atoms with Crippen LogP contribution in [0.25, 0.3) is 0 Å². The molecule has 2 aromatic rings. The molecule has 0 saturated carbocycles. The van der Waals surface area contributed by atoms with Crippen molar-refractivity contribution in [2.75, 3.05) is 31.5 Å². The number of carbonyl (C=O) groups is 1. The highest BCUT2D eigenvalue weighted by Crippen LogP contribution is 2.22. The Bertz CT molecular complexity index is 722. The van der Waals surface area contributed by atoms with Gasteiger partial charge in [-0.05, 0) is 19.4 Å². The highest BCUT2D eigenvalue weighted by Gasteiger charge is 2.32. The fourth-order valence-corrected chi connectivity index (χ4v) is 3.48. The summed E-state index contributed by atoms with van der Waals surface area (Å²) in [6.45, 7) is 4.22. The first-order chi connectivity index (χ1) is 12.3. The van der Waals surface area contributed by atoms with E-state index in [1.165, 1.54) is 19.4 Å². The van der Waals surface area contributed by atoms with E-state index in [-0.39, 0.29) is 5.91 Å². The molecule has 2 aliphatic rings. The first-order valence-corrected chi connectivity index (χ1v) is 8.64. The predicted molar refractivity (Wildman–Crippen MR) is 91.9 cm³/mol. The average Bonchev–Trinajstić information content (AvgIpc) is 3.15. The summed E-state index contributed by atoms with van der Waals surface area (Å²) in [5, 5.41) is 3.08. The Morgan fingerprint density at radius 3 is 2.80 bits per heavy atom. The summed E-state index contributed by atoms with van der Waals surface area (Å²) in [6, 6.07) is 0.520. The van der Waals surface area contributed by atoms with Gasteiger partial charge in [0.2, 0.25) is 5.95 Å². The molecule has 0 radical (unpaired) electrons. The van der Waals surface area contributed by atoms with Crippen LogP contribution in [0.3, 0.4) is 0 Å². The summed E-state index contributed by atoms with van der Waals surface area (Å²) in [5.41, 5.74) is 1.34. The van der Waals surface area contributed by atoms with Crippen LogP contribution in [0, 0.1) is 0 Å². The van der Waals surface area contributed by atoms with Crippen LogP contribution in [0.5, 0.6) is 0 Å². The number of hydrogen-bond acceptors (Lipinski definition) is 7. The van der Waals surface area contributed by atoms with Gasteiger partial charge in [0.1, 0.15) is 0 Å². The number of carbonyl (C=O) groups excluding carboxylic acids is 1. The lowest BCUT2D eigenvalue weighted by Crippen LogP contribution is -2.52. The number of nitrogens with zero attached hydrogens (tertiary/aromatic N) is 6. The first kappa shape index (κ1) is 15.9. The van der Waals surface area contributed by atoms with Gasteiger partial charge in [-0.2, -0.15) is 0 Å². The van der Waals surface area contributed by atoms with Gasteiger partial charge < -0.3 is 10.2 Å². The average molecular weight is 339 g/mol. The monoisotopic (exact) mass is 339 g/mol. The number of anilines is 1. The summed E-state index contributed by atoms with van der Waals surface area (Å²) in [6.07, 6.45) is 10.6. The fraction of sp³-hybridized carbons (Fsp3) is 0.471. The molecule has 0 spiro atoms. The number of aromatic nitrogens is 4. The second-order valence-corrected chi connectivity index (χ2v) is 6.43. The maximum absolute atomic E-state index is 12.7. The van der Waals surface area contributed by atoms with Crippen LogP contribution in [-0.2, 0) is 6.54 Å². The molecule has 8 heteroatoms. The number of rotatable bonds is 4. The third kappa shape index (κ3) is 3.58. The number of piperazine rings is 1. The van der Waals surface area contributed by atoms with Gasteiger partial charge in [-0.3, -0.25) is 19.7 Å². The lowest BCUT2D eigenvalue weighted by molar-refractivity contribution is 0.0570. The first-order valence-electron chi connectivity index (χ1n) is 8.64. The molecular formula is C17H21N7O. The van der Waals surface area contributed by atoms with Crippen molar-refractivity contribution >= 4 is 11.9 Å². The van der Waals surface area contributed by atoms with Crippen molar-refractivity contribution in [2.45, 2.75) is 25.4 Å². The molecule has 0 aliphatic carbocycles. The molecule has 130 valence electrons. The maximum Gasteiger partial charge on any atom is 0.257 e. The van der Waals surface area contributed by atoms with E-state index in [1.54, 1.807) is 31.0 Å². The van der Waals surface area contributed by atoms with E-state index in [0.29, 0.717) is 24.1 Å². The minimum atomic E-state index is 0.0204. The molecule has 0 bridgehead atoms. The second-order valence-electron chi connectivity index (χ2n) is 6.43. The number of nitrogens with one attached hydrogen (secondary N) is 1. The van der Waals surface area contributed by atoms with Gasteiger partial charge in [-0.25, -0.2) is 9.97 Å². The Balaban J connectivity index is 1.35. The molecule has 1 amide bonds. The number of fused-ring (bicyclic) bond motifs is 1. The lowest BCUT2D eigenvalue weighted by atomic mass is 10.1. The molecule has 0 aromatic carbocycles. The highest BCUT2D eigenvalue weighted by molar-refractivity contribution is 5.93. The molecule has 8 nitrogen and oxygen atoms in total. The van der Waals surface area contributed by atoms with E-state index in [0.717, 1.165) is 25.3 Å². The van der Waals surface area contributed by atoms with Gasteiger partial charge in [-0.15, -0.1) is 0 Å². The molecule has 1 N–H and O–H groups in total. The van der Waals surface area contributed by atoms with Crippen molar-refractivity contribution in [2.24, 2.45) is 0 Å². The van der Waals surface area contributed by atoms with Gasteiger partial charge >= 0.3 is 0 Å². The van der Waals surface area contributed by atoms with Gasteiger partial charge in [0.05, 0.1) is 24.0 Å². The minimum Gasteiger partial charge on any atom is -0.349 e. The Kier molecular flexibility index (Phi) is 4.51. The SMILES string of the molecule is O=C(c1cnc(NCc2cnccn2)nc1)N1CCN2CCC[C@@H]2C1. The predicted octanol–water partition coefficient (Wildman–Crippen LogP) is 0.799. The molecule has 2 fully saturated rings. The third-order valence-electron chi connectivity index (χ3n) is 4.82. The molecule has 4 rings (SSSR count). The quantitative estimate of drug-likeness (QED) is 0.881. The van der Waals surface area contributed by atoms with E-state index >= 15 is 0 Å². The van der Waals surface area contributed by atoms with Crippen LogP contribution in [0.4, 0.5) is 5.95 Å². The molecular weight excluding hydrogens is 318 g/mol. The second kappa shape index (κ2) is 7.10. The zero-order valence-corrected chi connectivity index (χ0v) is 14.0. The van der Waals surface area contributed by atoms with E-state index in [9.17, 15) is 4.79 Å². The van der Waals surface area contributed by atoms with Crippen LogP contribution < -0.4 is 5.32 Å². The third-order valence-corrected chi connectivity index (χ3v) is 4.82. The Morgan fingerprint density at radius 1 is 1.12 bits per heavy atom. The van der Waals surface area contributed by atoms with Crippen LogP contribution in [0.2, 0.25) is 0 Å². The summed E-state index contributed by atoms with van der Waals surface area (Å²) in [5.74, 6) is 0.495. The van der Waals surface area contributed by atoms with Crippen LogP contribution >= 0.6 is 0 Å². The summed E-state index contributed by atoms with van der Waals surface area (Å²) in [4.78, 5) is 33.8. The Labute approximate surface area is 146 Å². The van der Waals surface area contributed by atoms with Crippen molar-refractivity contribution < 1.29 is 4.79 Å². The number of amides is 1. The molecule has 2 aromatic heterocycles. The van der Waals surface area contributed by atoms with Gasteiger partial charge in [0.25, 0.3) is 5.91 Å². The van der Waals surface area contributed by atoms with Gasteiger partial charge in [0, 0.05) is 50.5 Å². The van der Waals surface area contributed by atoms with Gasteiger partial charge in [0.15, 0.2) is 0 Å². The van der Waals surface area contributed by atoms with Crippen molar-refractivity contribution in [3.63, 3.8) is 0 Å². The zero-order chi connectivity index (χ0) is 17.1. The standard InChI is InChI=1S/C17H21N7O/c25-16(24-7-6-23-5-1-2-15(23)12-24)13-8-20-17(21-9-13)22-11-14-10-18-3-4-19-14/h3-4,8-10,15H,1-2,5-7,11-12H2,(H,20,21,22)/t15-/m1/s1. The molecule has 1 atom stereocenters. The van der Waals surface area contributed by atoms with Crippen LogP contribution in [0.1, 0.15) is 28.9 Å². The van der Waals surface area contributed by atoms with E-state index in [1.807, 2.05) is 4.90 Å². The lowest BCUT2D eigenvalue weighted by Gasteiger charge is -2.37. The molecule has 2 saturated heterocycles. The van der Waals surface area contributed by atoms with Crippen LogP contribution in [0.15, 0.2) is 31.0 Å². The van der Waals surface area contributed by atoms with Crippen LogP contribution in [-0.4, -0.2) is 67.9 Å². The van der Waals surface area contributed by atoms with E-state index in [2.05, 4.69) is 30.2 Å². The van der Waals surface area contributed by atoms with Gasteiger partial charge in [-0.1, -0.05) is 0 Å². The largest absolute Gasteiger partial charge is 0.349 e. The summed E-state index contributed by atoms with van der Waals surface area (Å²) in [7, 11) is 0. The molecule has 0 unspecified atom stereocenters. The highest BCUT2D eigenvalue weighted by atomic mass is 16.2. The minimum absolute atomic E-state index is 0.0204. The van der Waals surface area contributed by atoms with Crippen molar-refractivity contribution in [3.8, 4) is 0 Å². The summed E-state index contributed by atoms with van der Waals surface area (Å²) < 4.78 is 0. The molecule has 25 heavy (non-hydrogen) atoms. The zero-order valence-electron chi connectivity index (χ0n) is 14.0. The van der Waals surface area contributed by atoms with E-state index in [4.69, 9.17) is 0 Å². The topological polar surface area (TPSA) is 87.1 Å². The van der Waals surface area contributed by atoms with Crippen molar-refractivity contribution in [3.05, 3.63) is 42.2 Å². The van der Waals surface area contributed by atoms with Crippen molar-refractivity contribution in [1.82, 2.24) is 29.7 Å². The summed E-state index contributed by atoms with van der Waals surface area (Å²) >= 11 is 0. The number of hydrogen-bond donors (Lipinski definition) is 1. The fourth-order valence-electron chi connectivity index (χ4n) is 3.48. The van der Waals surface area contributed by atoms with E-state index < -0.39 is 0 Å². The maximum atomic E-state index is 12.7. The normalized spacial score (nSPS) is 20.3. The Hall–Kier alpha value is -2.61. The van der Waals surface area contributed by atoms with Crippen molar-refractivity contribution in [1.29, 1.82) is 0 Å². The molecule has 4 heterocycles.